The largest absolute Gasteiger partial charge is 0.573 e. The molecule has 0 amide bonds. The van der Waals surface area contributed by atoms with Crippen molar-refractivity contribution < 1.29 is 27.9 Å². The van der Waals surface area contributed by atoms with Crippen molar-refractivity contribution in [3.63, 3.8) is 0 Å². The molecular weight excluding hydrogens is 462 g/mol. The Balaban J connectivity index is 0.00000240. The molecule has 1 atom stereocenters. The topological polar surface area (TPSA) is 87.9 Å². The molecule has 172 valence electrons. The highest BCUT2D eigenvalue weighted by Crippen LogP contribution is 2.41. The van der Waals surface area contributed by atoms with E-state index in [0.29, 0.717) is 42.9 Å². The molecule has 3 rings (SSSR count). The number of phenols is 1. The van der Waals surface area contributed by atoms with Gasteiger partial charge in [-0.2, -0.15) is 0 Å². The quantitative estimate of drug-likeness (QED) is 0.485. The number of nitrogens with zero attached hydrogens (tertiary/aromatic N) is 2. The van der Waals surface area contributed by atoms with Gasteiger partial charge in [-0.15, -0.1) is 38.0 Å². The number of halogens is 5. The first-order valence-corrected chi connectivity index (χ1v) is 8.94. The summed E-state index contributed by atoms with van der Waals surface area (Å²) in [5.41, 5.74) is 0.868. The van der Waals surface area contributed by atoms with E-state index in [0.717, 1.165) is 0 Å². The van der Waals surface area contributed by atoms with Crippen LogP contribution in [0.2, 0.25) is 0 Å². The number of piperazine rings is 1. The minimum absolute atomic E-state index is 0. The Kier molecular flexibility index (Phi) is 9.37. The number of nitro groups is 1. The fraction of sp³-hybridized carbons (Fsp3) is 0.368. The third-order valence-corrected chi connectivity index (χ3v) is 4.81. The molecule has 1 fully saturated rings. The Morgan fingerprint density at radius 1 is 1.13 bits per heavy atom. The van der Waals surface area contributed by atoms with Crippen molar-refractivity contribution in [3.8, 4) is 11.5 Å². The van der Waals surface area contributed by atoms with E-state index in [1.54, 1.807) is 12.1 Å². The summed E-state index contributed by atoms with van der Waals surface area (Å²) in [5, 5.41) is 25.3. The van der Waals surface area contributed by atoms with Gasteiger partial charge >= 0.3 is 12.0 Å². The maximum atomic E-state index is 12.4. The lowest BCUT2D eigenvalue weighted by Crippen LogP contribution is -2.45. The van der Waals surface area contributed by atoms with Crippen LogP contribution in [0, 0.1) is 17.0 Å². The van der Waals surface area contributed by atoms with Gasteiger partial charge in [-0.25, -0.2) is 0 Å². The molecule has 2 aromatic rings. The van der Waals surface area contributed by atoms with Crippen molar-refractivity contribution in [2.24, 2.45) is 0 Å². The summed E-state index contributed by atoms with van der Waals surface area (Å²) >= 11 is 0. The third-order valence-electron chi connectivity index (χ3n) is 4.81. The summed E-state index contributed by atoms with van der Waals surface area (Å²) in [6.07, 6.45) is -4.80. The summed E-state index contributed by atoms with van der Waals surface area (Å²) < 4.78 is 41.2. The SMILES string of the molecule is Cc1ccc([C@H](c2ccc(OC(F)(F)F)cc2)N2CCNCC2)c(O)c1[N+](=O)[O-].Cl.Cl. The van der Waals surface area contributed by atoms with E-state index >= 15 is 0 Å². The average molecular weight is 484 g/mol. The third kappa shape index (κ3) is 6.36. The second kappa shape index (κ2) is 10.9. The van der Waals surface area contributed by atoms with Crippen molar-refractivity contribution >= 4 is 30.5 Å². The number of aromatic hydroxyl groups is 1. The zero-order chi connectivity index (χ0) is 21.2. The molecule has 31 heavy (non-hydrogen) atoms. The zero-order valence-corrected chi connectivity index (χ0v) is 18.0. The number of nitro benzene ring substituents is 1. The van der Waals surface area contributed by atoms with Crippen molar-refractivity contribution in [1.29, 1.82) is 0 Å². The van der Waals surface area contributed by atoms with Gasteiger partial charge in [-0.3, -0.25) is 15.0 Å². The minimum Gasteiger partial charge on any atom is -0.502 e. The molecule has 0 radical (unpaired) electrons. The maximum Gasteiger partial charge on any atom is 0.573 e. The molecular formula is C19H22Cl2F3N3O4. The van der Waals surface area contributed by atoms with E-state index in [4.69, 9.17) is 0 Å². The molecule has 7 nitrogen and oxygen atoms in total. The van der Waals surface area contributed by atoms with Crippen molar-refractivity contribution in [2.45, 2.75) is 19.3 Å². The molecule has 1 heterocycles. The lowest BCUT2D eigenvalue weighted by atomic mass is 9.94. The Labute approximate surface area is 189 Å². The molecule has 1 aliphatic rings. The van der Waals surface area contributed by atoms with Crippen LogP contribution in [-0.4, -0.2) is 47.5 Å². The van der Waals surface area contributed by atoms with Gasteiger partial charge in [0.15, 0.2) is 5.75 Å². The Morgan fingerprint density at radius 3 is 2.23 bits per heavy atom. The first kappa shape index (κ1) is 26.8. The summed E-state index contributed by atoms with van der Waals surface area (Å²) in [7, 11) is 0. The van der Waals surface area contributed by atoms with Gasteiger partial charge in [0.2, 0.25) is 0 Å². The number of alkyl halides is 3. The van der Waals surface area contributed by atoms with Gasteiger partial charge < -0.3 is 15.2 Å². The number of hydrogen-bond donors (Lipinski definition) is 2. The van der Waals surface area contributed by atoms with Gasteiger partial charge in [0.1, 0.15) is 5.75 Å². The fourth-order valence-corrected chi connectivity index (χ4v) is 3.53. The molecule has 0 saturated carbocycles. The van der Waals surface area contributed by atoms with Crippen molar-refractivity contribution in [1.82, 2.24) is 10.2 Å². The molecule has 1 aliphatic heterocycles. The molecule has 0 spiro atoms. The maximum absolute atomic E-state index is 12.4. The molecule has 2 aromatic carbocycles. The van der Waals surface area contributed by atoms with Gasteiger partial charge in [-0.05, 0) is 24.6 Å². The molecule has 0 unspecified atom stereocenters. The monoisotopic (exact) mass is 483 g/mol. The van der Waals surface area contributed by atoms with Gasteiger partial charge in [0.05, 0.1) is 11.0 Å². The van der Waals surface area contributed by atoms with E-state index < -0.39 is 23.1 Å². The minimum atomic E-state index is -4.80. The van der Waals surface area contributed by atoms with Crippen LogP contribution in [0.5, 0.6) is 11.5 Å². The van der Waals surface area contributed by atoms with Gasteiger partial charge in [0.25, 0.3) is 0 Å². The molecule has 0 bridgehead atoms. The number of nitrogens with one attached hydrogen (secondary N) is 1. The number of rotatable bonds is 5. The molecule has 12 heteroatoms. The highest BCUT2D eigenvalue weighted by Gasteiger charge is 2.33. The lowest BCUT2D eigenvalue weighted by Gasteiger charge is -2.35. The van der Waals surface area contributed by atoms with Crippen LogP contribution in [-0.2, 0) is 0 Å². The zero-order valence-electron chi connectivity index (χ0n) is 16.4. The van der Waals surface area contributed by atoms with Crippen LogP contribution in [0.3, 0.4) is 0 Å². The second-order valence-corrected chi connectivity index (χ2v) is 6.73. The molecule has 0 aliphatic carbocycles. The number of aryl methyl sites for hydroxylation is 1. The summed E-state index contributed by atoms with van der Waals surface area (Å²) in [4.78, 5) is 12.8. The normalized spacial score (nSPS) is 15.4. The Hall–Kier alpha value is -2.27. The van der Waals surface area contributed by atoms with Gasteiger partial charge in [0, 0.05) is 37.3 Å². The Morgan fingerprint density at radius 2 is 1.71 bits per heavy atom. The van der Waals surface area contributed by atoms with Crippen molar-refractivity contribution in [3.05, 3.63) is 63.2 Å². The van der Waals surface area contributed by atoms with Gasteiger partial charge in [-0.1, -0.05) is 24.3 Å². The Bertz CT molecular complexity index is 892. The summed E-state index contributed by atoms with van der Waals surface area (Å²) in [5.74, 6) is -0.798. The second-order valence-electron chi connectivity index (χ2n) is 6.73. The number of ether oxygens (including phenoxy) is 1. The summed E-state index contributed by atoms with van der Waals surface area (Å²) in [6, 6.07) is 7.94. The van der Waals surface area contributed by atoms with E-state index in [9.17, 15) is 28.4 Å². The van der Waals surface area contributed by atoms with Crippen molar-refractivity contribution in [2.75, 3.05) is 26.2 Å². The smallest absolute Gasteiger partial charge is 0.502 e. The highest BCUT2D eigenvalue weighted by atomic mass is 35.5. The number of benzene rings is 2. The molecule has 0 aromatic heterocycles. The van der Waals surface area contributed by atoms with E-state index in [2.05, 4.69) is 10.1 Å². The highest BCUT2D eigenvalue weighted by molar-refractivity contribution is 5.85. The predicted molar refractivity (Wildman–Crippen MR) is 113 cm³/mol. The first-order valence-electron chi connectivity index (χ1n) is 8.94. The van der Waals surface area contributed by atoms with Crippen LogP contribution in [0.4, 0.5) is 18.9 Å². The first-order chi connectivity index (χ1) is 13.7. The van der Waals surface area contributed by atoms with Crippen LogP contribution in [0.15, 0.2) is 36.4 Å². The fourth-order valence-electron chi connectivity index (χ4n) is 3.53. The standard InChI is InChI=1S/C19H20F3N3O4.2ClH/c1-12-2-7-15(18(26)16(12)25(27)28)17(24-10-8-23-9-11-24)13-3-5-14(6-4-13)29-19(20,21)22;;/h2-7,17,23,26H,8-11H2,1H3;2*1H/t17-;;/m0../s1. The average Bonchev–Trinajstić information content (AvgIpc) is 2.64. The number of hydrogen-bond acceptors (Lipinski definition) is 6. The van der Waals surface area contributed by atoms with Crippen LogP contribution in [0.25, 0.3) is 0 Å². The van der Waals surface area contributed by atoms with E-state index in [-0.39, 0.29) is 36.3 Å². The van der Waals surface area contributed by atoms with E-state index in [1.165, 1.54) is 31.2 Å². The van der Waals surface area contributed by atoms with Crippen LogP contribution in [0.1, 0.15) is 22.7 Å². The van der Waals surface area contributed by atoms with Crippen LogP contribution < -0.4 is 10.1 Å². The van der Waals surface area contributed by atoms with Crippen LogP contribution >= 0.6 is 24.8 Å². The lowest BCUT2D eigenvalue weighted by molar-refractivity contribution is -0.386. The molecule has 2 N–H and O–H groups in total. The summed E-state index contributed by atoms with van der Waals surface area (Å²) in [6.45, 7) is 4.10. The number of phenolic OH excluding ortho intramolecular Hbond substituents is 1. The van der Waals surface area contributed by atoms with E-state index in [1.807, 2.05) is 4.90 Å². The molecule has 1 saturated heterocycles. The predicted octanol–water partition coefficient (Wildman–Crippen LogP) is 4.35.